The molecule has 0 saturated carbocycles. The van der Waals surface area contributed by atoms with Gasteiger partial charge < -0.3 is 14.8 Å². The van der Waals surface area contributed by atoms with Crippen LogP contribution in [0.2, 0.25) is 0 Å². The van der Waals surface area contributed by atoms with Crippen molar-refractivity contribution in [1.29, 1.82) is 0 Å². The second-order valence-electron chi connectivity index (χ2n) is 1.26. The van der Waals surface area contributed by atoms with Crippen LogP contribution in [-0.4, -0.2) is 30.5 Å². The van der Waals surface area contributed by atoms with Crippen molar-refractivity contribution in [3.63, 3.8) is 0 Å². The SMILES string of the molecule is O.O=S(=O)([O-])C1CO1.[Na+]. The summed E-state index contributed by atoms with van der Waals surface area (Å²) in [6, 6.07) is 0. The zero-order chi connectivity index (χ0) is 5.49. The first-order chi connectivity index (χ1) is 3.11. The van der Waals surface area contributed by atoms with E-state index < -0.39 is 15.6 Å². The van der Waals surface area contributed by atoms with Gasteiger partial charge in [-0.1, -0.05) is 0 Å². The van der Waals surface area contributed by atoms with Gasteiger partial charge in [0.25, 0.3) is 0 Å². The van der Waals surface area contributed by atoms with Crippen LogP contribution in [-0.2, 0) is 14.9 Å². The van der Waals surface area contributed by atoms with Crippen LogP contribution in [0.5, 0.6) is 0 Å². The van der Waals surface area contributed by atoms with Gasteiger partial charge in [0.1, 0.15) is 10.1 Å². The molecule has 0 aromatic carbocycles. The summed E-state index contributed by atoms with van der Waals surface area (Å²) in [6.45, 7) is 0.0752. The van der Waals surface area contributed by atoms with Crippen molar-refractivity contribution in [3.8, 4) is 0 Å². The molecule has 0 aromatic rings. The average Bonchev–Trinajstić information content (AvgIpc) is 1.99. The number of rotatable bonds is 1. The normalized spacial score (nSPS) is 23.4. The molecule has 1 saturated heterocycles. The molecule has 1 fully saturated rings. The predicted octanol–water partition coefficient (Wildman–Crippen LogP) is -4.93. The van der Waals surface area contributed by atoms with Crippen molar-refractivity contribution >= 4 is 10.1 Å². The van der Waals surface area contributed by atoms with Crippen LogP contribution in [0.3, 0.4) is 0 Å². The van der Waals surface area contributed by atoms with Crippen LogP contribution in [0.1, 0.15) is 0 Å². The minimum atomic E-state index is -4.10. The van der Waals surface area contributed by atoms with Gasteiger partial charge >= 0.3 is 29.6 Å². The first kappa shape index (κ1) is 12.5. The molecule has 1 unspecified atom stereocenters. The predicted molar refractivity (Wildman–Crippen MR) is 23.1 cm³/mol. The Bertz CT molecular complexity index is 158. The van der Waals surface area contributed by atoms with Crippen LogP contribution in [0.4, 0.5) is 0 Å². The Morgan fingerprint density at radius 1 is 1.56 bits per heavy atom. The minimum Gasteiger partial charge on any atom is -0.746 e. The molecule has 0 aromatic heterocycles. The van der Waals surface area contributed by atoms with Crippen LogP contribution in [0, 0.1) is 0 Å². The van der Waals surface area contributed by atoms with E-state index in [-0.39, 0.29) is 41.6 Å². The third-order valence-corrected chi connectivity index (χ3v) is 1.54. The number of ether oxygens (including phenoxy) is 1. The first-order valence-electron chi connectivity index (χ1n) is 1.67. The zero-order valence-electron chi connectivity index (χ0n) is 4.83. The van der Waals surface area contributed by atoms with E-state index in [0.29, 0.717) is 0 Å². The molecular weight excluding hydrogens is 159 g/mol. The maximum absolute atomic E-state index is 9.71. The van der Waals surface area contributed by atoms with Crippen LogP contribution >= 0.6 is 0 Å². The third kappa shape index (κ3) is 4.26. The average molecular weight is 164 g/mol. The second-order valence-corrected chi connectivity index (χ2v) is 2.77. The molecule has 2 N–H and O–H groups in total. The Hall–Kier alpha value is 0.830. The fourth-order valence-electron chi connectivity index (χ4n) is 0.206. The smallest absolute Gasteiger partial charge is 0.746 e. The summed E-state index contributed by atoms with van der Waals surface area (Å²) < 4.78 is 33.3. The van der Waals surface area contributed by atoms with Gasteiger partial charge in [0.2, 0.25) is 0 Å². The van der Waals surface area contributed by atoms with Crippen molar-refractivity contribution in [1.82, 2.24) is 0 Å². The van der Waals surface area contributed by atoms with Gasteiger partial charge in [0, 0.05) is 0 Å². The Morgan fingerprint density at radius 3 is 1.89 bits per heavy atom. The largest absolute Gasteiger partial charge is 1.00 e. The van der Waals surface area contributed by atoms with Gasteiger partial charge in [-0.05, 0) is 0 Å². The van der Waals surface area contributed by atoms with E-state index in [9.17, 15) is 13.0 Å². The molecule has 9 heavy (non-hydrogen) atoms. The van der Waals surface area contributed by atoms with E-state index in [1.807, 2.05) is 0 Å². The third-order valence-electron chi connectivity index (χ3n) is 0.625. The van der Waals surface area contributed by atoms with Crippen molar-refractivity contribution in [2.45, 2.75) is 5.44 Å². The molecule has 1 rings (SSSR count). The van der Waals surface area contributed by atoms with Gasteiger partial charge in [0.15, 0.2) is 5.44 Å². The quantitative estimate of drug-likeness (QED) is 0.220. The van der Waals surface area contributed by atoms with Crippen molar-refractivity contribution in [3.05, 3.63) is 0 Å². The van der Waals surface area contributed by atoms with Gasteiger partial charge in [-0.3, -0.25) is 0 Å². The van der Waals surface area contributed by atoms with E-state index in [1.165, 1.54) is 0 Å². The molecule has 0 radical (unpaired) electrons. The molecular formula is C2H5NaO5S. The van der Waals surface area contributed by atoms with Crippen LogP contribution < -0.4 is 29.6 Å². The molecule has 0 aliphatic carbocycles. The Labute approximate surface area is 74.7 Å². The molecule has 1 aliphatic heterocycles. The van der Waals surface area contributed by atoms with E-state index in [0.717, 1.165) is 0 Å². The number of hydrogen-bond donors (Lipinski definition) is 0. The van der Waals surface area contributed by atoms with Crippen LogP contribution in [0.15, 0.2) is 0 Å². The summed E-state index contributed by atoms with van der Waals surface area (Å²) in [5.41, 5.74) is -1.03. The molecule has 1 atom stereocenters. The number of epoxide rings is 1. The maximum Gasteiger partial charge on any atom is 1.00 e. The fraction of sp³-hybridized carbons (Fsp3) is 1.00. The van der Waals surface area contributed by atoms with E-state index in [4.69, 9.17) is 0 Å². The topological polar surface area (TPSA) is 101 Å². The molecule has 0 amide bonds. The van der Waals surface area contributed by atoms with E-state index in [1.54, 1.807) is 0 Å². The van der Waals surface area contributed by atoms with Gasteiger partial charge in [-0.15, -0.1) is 0 Å². The minimum absolute atomic E-state index is 0. The summed E-state index contributed by atoms with van der Waals surface area (Å²) in [7, 11) is -4.10. The maximum atomic E-state index is 9.71. The second kappa shape index (κ2) is 3.87. The Balaban J connectivity index is 0. The molecule has 5 nitrogen and oxygen atoms in total. The monoisotopic (exact) mass is 164 g/mol. The fourth-order valence-corrected chi connectivity index (χ4v) is 0.618. The van der Waals surface area contributed by atoms with Gasteiger partial charge in [-0.25, -0.2) is 8.42 Å². The van der Waals surface area contributed by atoms with Crippen molar-refractivity contribution in [2.24, 2.45) is 0 Å². The molecule has 7 heteroatoms. The summed E-state index contributed by atoms with van der Waals surface area (Å²) in [4.78, 5) is 0. The van der Waals surface area contributed by atoms with E-state index in [2.05, 4.69) is 4.74 Å². The van der Waals surface area contributed by atoms with Gasteiger partial charge in [-0.2, -0.15) is 0 Å². The molecule has 0 bridgehead atoms. The summed E-state index contributed by atoms with van der Waals surface area (Å²) in [5.74, 6) is 0. The van der Waals surface area contributed by atoms with Crippen molar-refractivity contribution < 1.29 is 52.7 Å². The first-order valence-corrected chi connectivity index (χ1v) is 3.14. The molecule has 50 valence electrons. The zero-order valence-corrected chi connectivity index (χ0v) is 7.64. The Morgan fingerprint density at radius 2 is 1.89 bits per heavy atom. The van der Waals surface area contributed by atoms with Crippen LogP contribution in [0.25, 0.3) is 0 Å². The number of hydrogen-bond acceptors (Lipinski definition) is 4. The molecule has 1 heterocycles. The Kier molecular flexibility index (Phi) is 5.37. The molecule has 0 spiro atoms. The van der Waals surface area contributed by atoms with Crippen molar-refractivity contribution in [2.75, 3.05) is 6.61 Å². The summed E-state index contributed by atoms with van der Waals surface area (Å²) in [6.07, 6.45) is 0. The summed E-state index contributed by atoms with van der Waals surface area (Å²) in [5, 5.41) is 0. The standard InChI is InChI=1S/C2H4O4S.Na.H2O/c3-7(4,5)2-1-6-2;;/h2H,1H2,(H,3,4,5);;1H2/q;+1;/p-1. The summed E-state index contributed by atoms with van der Waals surface area (Å²) >= 11 is 0. The molecule has 1 aliphatic rings. The van der Waals surface area contributed by atoms with E-state index >= 15 is 0 Å². The van der Waals surface area contributed by atoms with Gasteiger partial charge in [0.05, 0.1) is 6.61 Å².